The maximum atomic E-state index is 13.0. The van der Waals surface area contributed by atoms with Gasteiger partial charge in [-0.3, -0.25) is 10.1 Å². The summed E-state index contributed by atoms with van der Waals surface area (Å²) in [5, 5.41) is 11.8. The first kappa shape index (κ1) is 27.4. The molecule has 3 aromatic carbocycles. The average molecular weight is 659 g/mol. The Balaban J connectivity index is 1.67. The van der Waals surface area contributed by atoms with Crippen molar-refractivity contribution in [2.75, 3.05) is 6.61 Å². The van der Waals surface area contributed by atoms with Gasteiger partial charge in [-0.2, -0.15) is 13.2 Å². The summed E-state index contributed by atoms with van der Waals surface area (Å²) in [5.74, 6) is -0.913. The molecule has 13 heteroatoms. The molecule has 0 saturated carbocycles. The first-order valence-electron chi connectivity index (χ1n) is 10.7. The molecule has 0 unspecified atom stereocenters. The zero-order chi connectivity index (χ0) is 27.6. The molecule has 0 radical (unpaired) electrons. The summed E-state index contributed by atoms with van der Waals surface area (Å²) in [6.45, 7) is 1.87. The second kappa shape index (κ2) is 11.0. The number of esters is 1. The Bertz CT molecular complexity index is 1510. The average Bonchev–Trinajstić information content (AvgIpc) is 3.21. The molecule has 0 saturated heterocycles. The van der Waals surface area contributed by atoms with Crippen molar-refractivity contribution in [3.8, 4) is 17.2 Å². The largest absolute Gasteiger partial charge is 0.490 e. The van der Waals surface area contributed by atoms with Crippen molar-refractivity contribution in [2.45, 2.75) is 13.1 Å². The topological polar surface area (TPSA) is 100 Å². The summed E-state index contributed by atoms with van der Waals surface area (Å²) in [6, 6.07) is 11.5. The van der Waals surface area contributed by atoms with Crippen LogP contribution in [0, 0.1) is 13.7 Å². The molecule has 0 N–H and O–H groups in total. The van der Waals surface area contributed by atoms with Gasteiger partial charge in [0.2, 0.25) is 11.6 Å². The fourth-order valence-corrected chi connectivity index (χ4v) is 4.04. The zero-order valence-electron chi connectivity index (χ0n) is 19.2. The van der Waals surface area contributed by atoms with Crippen molar-refractivity contribution in [1.29, 1.82) is 0 Å². The lowest BCUT2D eigenvalue weighted by molar-refractivity contribution is -0.385. The van der Waals surface area contributed by atoms with Crippen LogP contribution in [0.4, 0.5) is 18.9 Å². The molecule has 1 aliphatic rings. The molecule has 0 fully saturated rings. The van der Waals surface area contributed by atoms with Gasteiger partial charge in [-0.1, -0.05) is 17.7 Å². The van der Waals surface area contributed by atoms with Gasteiger partial charge in [0.15, 0.2) is 17.2 Å². The Hall–Kier alpha value is -3.65. The number of hydrogen-bond donors (Lipinski definition) is 0. The van der Waals surface area contributed by atoms with Crippen LogP contribution in [0.3, 0.4) is 0 Å². The molecule has 4 rings (SSSR count). The number of carbonyl (C=O) groups is 1. The normalized spacial score (nSPS) is 14.3. The highest BCUT2D eigenvalue weighted by molar-refractivity contribution is 14.1. The van der Waals surface area contributed by atoms with Crippen LogP contribution in [0.2, 0.25) is 5.02 Å². The number of rotatable bonds is 7. The smallest absolute Gasteiger partial charge is 0.416 e. The van der Waals surface area contributed by atoms with Crippen LogP contribution in [-0.4, -0.2) is 23.4 Å². The van der Waals surface area contributed by atoms with E-state index in [1.54, 1.807) is 25.1 Å². The van der Waals surface area contributed by atoms with Crippen molar-refractivity contribution in [3.63, 3.8) is 0 Å². The molecule has 0 atom stereocenters. The molecule has 1 aliphatic heterocycles. The molecule has 0 aromatic heterocycles. The number of benzene rings is 3. The maximum Gasteiger partial charge on any atom is 0.416 e. The molecular weight excluding hydrogens is 644 g/mol. The highest BCUT2D eigenvalue weighted by Gasteiger charge is 2.33. The number of hydrogen-bond acceptors (Lipinski definition) is 7. The maximum absolute atomic E-state index is 13.0. The number of cyclic esters (lactones) is 1. The minimum Gasteiger partial charge on any atom is -0.490 e. The Morgan fingerprint density at radius 3 is 2.53 bits per heavy atom. The Morgan fingerprint density at radius 1 is 1.11 bits per heavy atom. The first-order valence-corrected chi connectivity index (χ1v) is 12.2. The zero-order valence-corrected chi connectivity index (χ0v) is 22.1. The number of alkyl halides is 3. The summed E-state index contributed by atoms with van der Waals surface area (Å²) >= 11 is 8.30. The van der Waals surface area contributed by atoms with E-state index in [-0.39, 0.29) is 29.7 Å². The molecule has 8 nitrogen and oxygen atoms in total. The van der Waals surface area contributed by atoms with E-state index in [0.717, 1.165) is 9.64 Å². The minimum atomic E-state index is -4.76. The number of nitro groups is 1. The van der Waals surface area contributed by atoms with E-state index in [1.165, 1.54) is 24.3 Å². The first-order chi connectivity index (χ1) is 18.0. The molecule has 1 heterocycles. The highest BCUT2D eigenvalue weighted by atomic mass is 127. The predicted molar refractivity (Wildman–Crippen MR) is 141 cm³/mol. The molecule has 3 aromatic rings. The molecule has 38 heavy (non-hydrogen) atoms. The van der Waals surface area contributed by atoms with E-state index in [4.69, 9.17) is 25.8 Å². The standard InChI is InChI=1S/C25H15ClF3IN2O6/c1-2-36-22-10-13(9-18-24(33)38-23(31-18)16-12-15(30)5-6-17(16)26)3-7-21(22)37-20-8-4-14(25(27,28)29)11-19(20)32(34)35/h3-12H,2H2,1H3/b18-9-. The lowest BCUT2D eigenvalue weighted by Crippen LogP contribution is -2.06. The van der Waals surface area contributed by atoms with E-state index in [9.17, 15) is 28.1 Å². The Labute approximate surface area is 232 Å². The SMILES string of the molecule is CCOc1cc(/C=C2\N=C(c3cc(I)ccc3Cl)OC2=O)ccc1Oc1ccc(C(F)(F)F)cc1[N+](=O)[O-]. The van der Waals surface area contributed by atoms with Gasteiger partial charge in [0.1, 0.15) is 0 Å². The molecule has 0 amide bonds. The molecular formula is C25H15ClF3IN2O6. The number of nitrogens with zero attached hydrogens (tertiary/aromatic N) is 2. The van der Waals surface area contributed by atoms with Gasteiger partial charge in [0.05, 0.1) is 27.7 Å². The van der Waals surface area contributed by atoms with Crippen molar-refractivity contribution in [1.82, 2.24) is 0 Å². The second-order valence-corrected chi connectivity index (χ2v) is 9.29. The molecule has 0 aliphatic carbocycles. The quantitative estimate of drug-likeness (QED) is 0.0862. The summed E-state index contributed by atoms with van der Waals surface area (Å²) in [5.41, 5.74) is -1.15. The van der Waals surface area contributed by atoms with Crippen LogP contribution in [0.5, 0.6) is 17.2 Å². The van der Waals surface area contributed by atoms with Crippen molar-refractivity contribution >= 4 is 57.8 Å². The lowest BCUT2D eigenvalue weighted by atomic mass is 10.1. The number of aliphatic imine (C=N–C) groups is 1. The Kier molecular flexibility index (Phi) is 7.92. The van der Waals surface area contributed by atoms with Crippen LogP contribution in [0.15, 0.2) is 65.3 Å². The van der Waals surface area contributed by atoms with Crippen LogP contribution >= 0.6 is 34.2 Å². The van der Waals surface area contributed by atoms with Crippen molar-refractivity contribution < 1.29 is 37.1 Å². The van der Waals surface area contributed by atoms with E-state index in [0.29, 0.717) is 28.3 Å². The number of halogens is 5. The van der Waals surface area contributed by atoms with Crippen LogP contribution in [0.1, 0.15) is 23.6 Å². The fraction of sp³-hybridized carbons (Fsp3) is 0.120. The minimum absolute atomic E-state index is 0.00979. The second-order valence-electron chi connectivity index (χ2n) is 7.64. The van der Waals surface area contributed by atoms with Crippen molar-refractivity contribution in [3.05, 3.63) is 95.7 Å². The number of carbonyl (C=O) groups excluding carboxylic acids is 1. The van der Waals surface area contributed by atoms with Gasteiger partial charge >= 0.3 is 17.8 Å². The monoisotopic (exact) mass is 658 g/mol. The summed E-state index contributed by atoms with van der Waals surface area (Å²) in [6.07, 6.45) is -3.33. The molecule has 0 spiro atoms. The fourth-order valence-electron chi connectivity index (χ4n) is 3.35. The summed E-state index contributed by atoms with van der Waals surface area (Å²) in [4.78, 5) is 27.1. The van der Waals surface area contributed by atoms with Crippen LogP contribution in [-0.2, 0) is 15.7 Å². The number of nitro benzene ring substituents is 1. The lowest BCUT2D eigenvalue weighted by Gasteiger charge is -2.13. The van der Waals surface area contributed by atoms with E-state index in [1.807, 2.05) is 0 Å². The van der Waals surface area contributed by atoms with Gasteiger partial charge in [0.25, 0.3) is 0 Å². The van der Waals surface area contributed by atoms with Crippen LogP contribution in [0.25, 0.3) is 6.08 Å². The van der Waals surface area contributed by atoms with Crippen molar-refractivity contribution in [2.24, 2.45) is 4.99 Å². The van der Waals surface area contributed by atoms with Gasteiger partial charge in [-0.05, 0) is 83.6 Å². The summed E-state index contributed by atoms with van der Waals surface area (Å²) in [7, 11) is 0. The third kappa shape index (κ3) is 6.07. The van der Waals surface area contributed by atoms with Gasteiger partial charge in [-0.15, -0.1) is 0 Å². The highest BCUT2D eigenvalue weighted by Crippen LogP contribution is 2.40. The predicted octanol–water partition coefficient (Wildman–Crippen LogP) is 7.41. The van der Waals surface area contributed by atoms with Crippen LogP contribution < -0.4 is 9.47 Å². The van der Waals surface area contributed by atoms with E-state index >= 15 is 0 Å². The summed E-state index contributed by atoms with van der Waals surface area (Å²) < 4.78 is 56.3. The number of ether oxygens (including phenoxy) is 3. The van der Waals surface area contributed by atoms with Gasteiger partial charge in [0, 0.05) is 9.64 Å². The third-order valence-electron chi connectivity index (χ3n) is 5.05. The van der Waals surface area contributed by atoms with E-state index < -0.39 is 34.1 Å². The van der Waals surface area contributed by atoms with Gasteiger partial charge < -0.3 is 14.2 Å². The van der Waals surface area contributed by atoms with E-state index in [2.05, 4.69) is 27.6 Å². The molecule has 196 valence electrons. The Morgan fingerprint density at radius 2 is 1.84 bits per heavy atom. The third-order valence-corrected chi connectivity index (χ3v) is 6.05. The van der Waals surface area contributed by atoms with Gasteiger partial charge in [-0.25, -0.2) is 9.79 Å². The molecule has 0 bridgehead atoms.